The van der Waals surface area contributed by atoms with Crippen molar-refractivity contribution in [2.45, 2.75) is 38.4 Å². The maximum absolute atomic E-state index is 13.4. The molecule has 0 saturated heterocycles. The van der Waals surface area contributed by atoms with Crippen LogP contribution in [0.15, 0.2) is 28.7 Å². The van der Waals surface area contributed by atoms with Crippen LogP contribution >= 0.6 is 0 Å². The average Bonchev–Trinajstić information content (AvgIpc) is 2.37. The van der Waals surface area contributed by atoms with E-state index in [2.05, 4.69) is 4.40 Å². The second kappa shape index (κ2) is 6.10. The molecule has 1 aromatic carbocycles. The maximum Gasteiger partial charge on any atom is 0.295 e. The van der Waals surface area contributed by atoms with Gasteiger partial charge in [-0.2, -0.15) is 13.2 Å². The number of hydrogen-bond acceptors (Lipinski definition) is 2. The number of alkyl halides is 2. The largest absolute Gasteiger partial charge is 0.390 e. The smallest absolute Gasteiger partial charge is 0.295 e. The molecule has 20 heavy (non-hydrogen) atoms. The number of benzene rings is 1. The second-order valence-electron chi connectivity index (χ2n) is 5.48. The first kappa shape index (κ1) is 16.9. The fourth-order valence-electron chi connectivity index (χ4n) is 1.38. The molecule has 0 amide bonds. The topological polar surface area (TPSA) is 49.7 Å². The van der Waals surface area contributed by atoms with Crippen molar-refractivity contribution in [2.75, 3.05) is 6.61 Å². The van der Waals surface area contributed by atoms with Crippen LogP contribution in [0.5, 0.6) is 0 Å². The lowest BCUT2D eigenvalue weighted by molar-refractivity contribution is -0.0556. The highest BCUT2D eigenvalue weighted by molar-refractivity contribution is 7.85. The highest BCUT2D eigenvalue weighted by Crippen LogP contribution is 2.28. The second-order valence-corrected chi connectivity index (χ2v) is 7.39. The number of aliphatic hydroxyl groups excluding tert-OH is 1. The standard InChI is InChI=1S/C14H19F2NO2S/c1-10(17-20(19)13(2,3)4)11-6-5-7-12(8-11)14(15,16)9-18/h5-8,18H,9H2,1-4H3/b17-10+/t20-/m1/s1. The summed E-state index contributed by atoms with van der Waals surface area (Å²) in [4.78, 5) is 0. The molecule has 0 spiro atoms. The minimum absolute atomic E-state index is 0.284. The van der Waals surface area contributed by atoms with Crippen LogP contribution in [0.4, 0.5) is 8.78 Å². The molecule has 1 atom stereocenters. The van der Waals surface area contributed by atoms with Crippen LogP contribution in [0.1, 0.15) is 38.8 Å². The summed E-state index contributed by atoms with van der Waals surface area (Å²) in [5.74, 6) is -3.29. The zero-order valence-electron chi connectivity index (χ0n) is 12.0. The lowest BCUT2D eigenvalue weighted by Gasteiger charge is -2.16. The normalized spacial score (nSPS) is 15.2. The van der Waals surface area contributed by atoms with Crippen LogP contribution in [0, 0.1) is 0 Å². The van der Waals surface area contributed by atoms with Crippen LogP contribution in [-0.2, 0) is 16.9 Å². The molecule has 1 N–H and O–H groups in total. The van der Waals surface area contributed by atoms with Gasteiger partial charge < -0.3 is 5.11 Å². The third-order valence-electron chi connectivity index (χ3n) is 2.64. The summed E-state index contributed by atoms with van der Waals surface area (Å²) in [5.41, 5.74) is 0.607. The average molecular weight is 303 g/mol. The minimum Gasteiger partial charge on any atom is -0.390 e. The van der Waals surface area contributed by atoms with Gasteiger partial charge in [-0.05, 0) is 39.3 Å². The van der Waals surface area contributed by atoms with E-state index in [9.17, 15) is 13.0 Å². The quantitative estimate of drug-likeness (QED) is 0.869. The number of hydrogen-bond donors (Lipinski definition) is 1. The molecular weight excluding hydrogens is 284 g/mol. The highest BCUT2D eigenvalue weighted by Gasteiger charge is 2.30. The van der Waals surface area contributed by atoms with Crippen LogP contribution in [0.25, 0.3) is 0 Å². The van der Waals surface area contributed by atoms with Gasteiger partial charge in [0, 0.05) is 5.56 Å². The van der Waals surface area contributed by atoms with Gasteiger partial charge in [0.05, 0.1) is 10.5 Å². The van der Waals surface area contributed by atoms with Crippen molar-refractivity contribution < 1.29 is 18.1 Å². The van der Waals surface area contributed by atoms with Crippen LogP contribution in [-0.4, -0.2) is 26.4 Å². The summed E-state index contributed by atoms with van der Waals surface area (Å²) in [6.45, 7) is 5.74. The predicted molar refractivity (Wildman–Crippen MR) is 77.5 cm³/mol. The Kier molecular flexibility index (Phi) is 5.15. The first-order valence-corrected chi connectivity index (χ1v) is 7.25. The molecule has 0 aliphatic carbocycles. The third kappa shape index (κ3) is 4.18. The Labute approximate surface area is 120 Å². The zero-order chi connectivity index (χ0) is 15.6. The summed E-state index contributed by atoms with van der Waals surface area (Å²) in [6.07, 6.45) is 0. The monoisotopic (exact) mass is 303 g/mol. The van der Waals surface area contributed by atoms with Gasteiger partial charge in [-0.25, -0.2) is 4.21 Å². The Morgan fingerprint density at radius 2 is 1.95 bits per heavy atom. The zero-order valence-corrected chi connectivity index (χ0v) is 12.8. The molecule has 0 aromatic heterocycles. The van der Waals surface area contributed by atoms with Gasteiger partial charge in [-0.3, -0.25) is 0 Å². The molecule has 0 heterocycles. The fraction of sp³-hybridized carbons (Fsp3) is 0.500. The molecule has 0 aliphatic rings. The molecule has 1 rings (SSSR count). The SMILES string of the molecule is C/C(=N\[S@](=O)C(C)(C)C)c1cccc(C(F)(F)CO)c1. The lowest BCUT2D eigenvalue weighted by atomic mass is 10.0. The highest BCUT2D eigenvalue weighted by atomic mass is 32.2. The van der Waals surface area contributed by atoms with Gasteiger partial charge in [-0.1, -0.05) is 18.2 Å². The van der Waals surface area contributed by atoms with E-state index >= 15 is 0 Å². The molecule has 0 fully saturated rings. The van der Waals surface area contributed by atoms with Crippen molar-refractivity contribution in [3.05, 3.63) is 35.4 Å². The summed E-state index contributed by atoms with van der Waals surface area (Å²) in [6, 6.07) is 5.59. The van der Waals surface area contributed by atoms with Crippen molar-refractivity contribution in [1.82, 2.24) is 0 Å². The van der Waals surface area contributed by atoms with Crippen molar-refractivity contribution >= 4 is 16.7 Å². The Morgan fingerprint density at radius 3 is 2.45 bits per heavy atom. The first-order valence-electron chi connectivity index (χ1n) is 6.15. The van der Waals surface area contributed by atoms with Gasteiger partial charge in [-0.15, -0.1) is 0 Å². The Balaban J connectivity index is 3.13. The molecule has 0 bridgehead atoms. The molecule has 0 unspecified atom stereocenters. The molecule has 6 heteroatoms. The molecule has 3 nitrogen and oxygen atoms in total. The van der Waals surface area contributed by atoms with E-state index in [4.69, 9.17) is 5.11 Å². The van der Waals surface area contributed by atoms with Gasteiger partial charge in [0.2, 0.25) is 0 Å². The van der Waals surface area contributed by atoms with Gasteiger partial charge in [0.1, 0.15) is 17.6 Å². The Morgan fingerprint density at radius 1 is 1.35 bits per heavy atom. The summed E-state index contributed by atoms with van der Waals surface area (Å²) < 4.78 is 42.3. The van der Waals surface area contributed by atoms with E-state index in [0.717, 1.165) is 0 Å². The Bertz CT molecular complexity index is 536. The summed E-state index contributed by atoms with van der Waals surface area (Å²) >= 11 is 0. The fourth-order valence-corrected chi connectivity index (χ4v) is 2.01. The summed E-state index contributed by atoms with van der Waals surface area (Å²) in [7, 11) is -1.45. The third-order valence-corrected chi connectivity index (χ3v) is 4.13. The van der Waals surface area contributed by atoms with E-state index < -0.39 is 28.3 Å². The van der Waals surface area contributed by atoms with E-state index in [1.807, 2.05) is 0 Å². The molecule has 0 aliphatic heterocycles. The number of aliphatic hydroxyl groups is 1. The molecule has 1 aromatic rings. The maximum atomic E-state index is 13.4. The number of halogens is 2. The first-order chi connectivity index (χ1) is 9.08. The number of rotatable bonds is 4. The van der Waals surface area contributed by atoms with Crippen LogP contribution < -0.4 is 0 Å². The summed E-state index contributed by atoms with van der Waals surface area (Å²) in [5, 5.41) is 8.70. The van der Waals surface area contributed by atoms with Crippen molar-refractivity contribution in [2.24, 2.45) is 4.40 Å². The van der Waals surface area contributed by atoms with Gasteiger partial charge in [0.25, 0.3) is 5.92 Å². The van der Waals surface area contributed by atoms with E-state index in [1.165, 1.54) is 18.2 Å². The molecule has 112 valence electrons. The molecular formula is C14H19F2NO2S. The predicted octanol–water partition coefficient (Wildman–Crippen LogP) is 3.04. The van der Waals surface area contributed by atoms with Gasteiger partial charge in [0.15, 0.2) is 0 Å². The molecule has 0 radical (unpaired) electrons. The molecule has 0 saturated carbocycles. The van der Waals surface area contributed by atoms with Crippen LogP contribution in [0.3, 0.4) is 0 Å². The lowest BCUT2D eigenvalue weighted by Crippen LogP contribution is -2.21. The van der Waals surface area contributed by atoms with Gasteiger partial charge >= 0.3 is 0 Å². The van der Waals surface area contributed by atoms with E-state index in [0.29, 0.717) is 11.3 Å². The van der Waals surface area contributed by atoms with Crippen LogP contribution in [0.2, 0.25) is 0 Å². The minimum atomic E-state index is -3.29. The van der Waals surface area contributed by atoms with Crippen molar-refractivity contribution in [3.8, 4) is 0 Å². The van der Waals surface area contributed by atoms with Crippen molar-refractivity contribution in [3.63, 3.8) is 0 Å². The number of nitrogens with zero attached hydrogens (tertiary/aromatic N) is 1. The van der Waals surface area contributed by atoms with E-state index in [-0.39, 0.29) is 5.56 Å². The van der Waals surface area contributed by atoms with E-state index in [1.54, 1.807) is 33.8 Å². The Hall–Kier alpha value is -1.14. The van der Waals surface area contributed by atoms with Crippen molar-refractivity contribution in [1.29, 1.82) is 0 Å².